The van der Waals surface area contributed by atoms with Crippen LogP contribution in [0.25, 0.3) is 11.6 Å². The summed E-state index contributed by atoms with van der Waals surface area (Å²) < 4.78 is 0. The van der Waals surface area contributed by atoms with Gasteiger partial charge in [-0.15, -0.1) is 0 Å². The average molecular weight is 458 g/mol. The van der Waals surface area contributed by atoms with E-state index in [1.54, 1.807) is 62.4 Å². The van der Waals surface area contributed by atoms with Crippen LogP contribution < -0.4 is 16.0 Å². The Morgan fingerprint density at radius 3 is 2.35 bits per heavy atom. The number of amides is 4. The molecule has 4 rings (SSSR count). The van der Waals surface area contributed by atoms with Crippen LogP contribution in [-0.4, -0.2) is 33.9 Å². The van der Waals surface area contributed by atoms with Crippen LogP contribution in [0.15, 0.2) is 42.5 Å². The molecule has 0 bridgehead atoms. The highest BCUT2D eigenvalue weighted by Crippen LogP contribution is 2.35. The number of hydrogen-bond acceptors (Lipinski definition) is 4. The van der Waals surface area contributed by atoms with Gasteiger partial charge in [0.15, 0.2) is 0 Å². The molecule has 172 valence electrons. The minimum Gasteiger partial charge on any atom is -0.478 e. The van der Waals surface area contributed by atoms with Crippen LogP contribution in [0, 0.1) is 20.8 Å². The lowest BCUT2D eigenvalue weighted by Crippen LogP contribution is -2.34. The predicted molar refractivity (Wildman–Crippen MR) is 128 cm³/mol. The van der Waals surface area contributed by atoms with E-state index in [0.29, 0.717) is 45.0 Å². The van der Waals surface area contributed by atoms with Crippen LogP contribution in [-0.2, 0) is 4.79 Å². The Morgan fingerprint density at radius 2 is 1.71 bits per heavy atom. The maximum Gasteiger partial charge on any atom is 0.337 e. The maximum absolute atomic E-state index is 12.6. The lowest BCUT2D eigenvalue weighted by Gasteiger charge is -2.08. The molecule has 9 heteroatoms. The molecule has 0 fully saturated rings. The zero-order valence-electron chi connectivity index (χ0n) is 18.7. The van der Waals surface area contributed by atoms with Gasteiger partial charge in [-0.3, -0.25) is 14.9 Å². The van der Waals surface area contributed by atoms with E-state index >= 15 is 0 Å². The number of aromatic nitrogens is 1. The quantitative estimate of drug-likeness (QED) is 0.375. The largest absolute Gasteiger partial charge is 0.478 e. The zero-order chi connectivity index (χ0) is 24.6. The van der Waals surface area contributed by atoms with E-state index in [2.05, 4.69) is 20.9 Å². The summed E-state index contributed by atoms with van der Waals surface area (Å²) in [5, 5.41) is 17.0. The van der Waals surface area contributed by atoms with Crippen molar-refractivity contribution in [3.63, 3.8) is 0 Å². The van der Waals surface area contributed by atoms with Gasteiger partial charge in [-0.05, 0) is 56.7 Å². The van der Waals surface area contributed by atoms with Crippen LogP contribution in [0.3, 0.4) is 0 Å². The standard InChI is InChI=1S/C25H22N4O5/c1-12-4-6-15(7-5-12)22(30)29-25(34)27-16-8-9-17-18(23(31)28-20(17)10-16)11-19-13(2)21(24(32)33)14(3)26-19/h4-11,26H,1-3H3,(H,28,31)(H,32,33)(H2,27,29,30,34). The Bertz CT molecular complexity index is 1380. The fourth-order valence-electron chi connectivity index (χ4n) is 3.84. The molecule has 3 aromatic rings. The van der Waals surface area contributed by atoms with Crippen molar-refractivity contribution in [3.8, 4) is 0 Å². The van der Waals surface area contributed by atoms with E-state index in [-0.39, 0.29) is 11.5 Å². The third kappa shape index (κ3) is 4.31. The minimum absolute atomic E-state index is 0.177. The molecule has 0 saturated heterocycles. The molecule has 0 spiro atoms. The van der Waals surface area contributed by atoms with Crippen LogP contribution in [0.4, 0.5) is 16.2 Å². The van der Waals surface area contributed by atoms with Gasteiger partial charge < -0.3 is 20.7 Å². The first-order valence-corrected chi connectivity index (χ1v) is 10.4. The predicted octanol–water partition coefficient (Wildman–Crippen LogP) is 4.09. The molecule has 0 unspecified atom stereocenters. The minimum atomic E-state index is -1.04. The number of imide groups is 1. The van der Waals surface area contributed by atoms with Gasteiger partial charge in [-0.2, -0.15) is 0 Å². The van der Waals surface area contributed by atoms with Crippen molar-refractivity contribution in [1.82, 2.24) is 10.3 Å². The molecule has 1 aliphatic rings. The monoisotopic (exact) mass is 458 g/mol. The molecule has 2 heterocycles. The number of nitrogens with one attached hydrogen (secondary N) is 4. The van der Waals surface area contributed by atoms with E-state index in [4.69, 9.17) is 0 Å². The summed E-state index contributed by atoms with van der Waals surface area (Å²) in [6, 6.07) is 11.0. The molecule has 1 aliphatic heterocycles. The summed E-state index contributed by atoms with van der Waals surface area (Å²) in [7, 11) is 0. The smallest absolute Gasteiger partial charge is 0.337 e. The number of carboxylic acids is 1. The van der Waals surface area contributed by atoms with Gasteiger partial charge in [0.05, 0.1) is 16.8 Å². The molecule has 1 aromatic heterocycles. The number of carbonyl (C=O) groups excluding carboxylic acids is 3. The highest BCUT2D eigenvalue weighted by Gasteiger charge is 2.26. The normalized spacial score (nSPS) is 13.4. The van der Waals surface area contributed by atoms with E-state index in [1.165, 1.54) is 0 Å². The lowest BCUT2D eigenvalue weighted by atomic mass is 10.0. The number of aromatic carboxylic acids is 1. The van der Waals surface area contributed by atoms with Gasteiger partial charge in [-0.25, -0.2) is 9.59 Å². The molecule has 5 N–H and O–H groups in total. The molecule has 0 saturated carbocycles. The Morgan fingerprint density at radius 1 is 1.00 bits per heavy atom. The number of carboxylic acid groups (broad SMARTS) is 1. The number of fused-ring (bicyclic) bond motifs is 1. The van der Waals surface area contributed by atoms with Gasteiger partial charge >= 0.3 is 12.0 Å². The number of aryl methyl sites for hydroxylation is 2. The van der Waals surface area contributed by atoms with E-state index in [9.17, 15) is 24.3 Å². The van der Waals surface area contributed by atoms with Gasteiger partial charge in [0.2, 0.25) is 0 Å². The first-order chi connectivity index (χ1) is 16.1. The molecule has 9 nitrogen and oxygen atoms in total. The average Bonchev–Trinajstić information content (AvgIpc) is 3.23. The van der Waals surface area contributed by atoms with Crippen molar-refractivity contribution in [2.75, 3.05) is 10.6 Å². The first kappa shape index (κ1) is 22.5. The van der Waals surface area contributed by atoms with Crippen LogP contribution in [0.5, 0.6) is 0 Å². The van der Waals surface area contributed by atoms with E-state index < -0.39 is 17.9 Å². The van der Waals surface area contributed by atoms with Gasteiger partial charge in [-0.1, -0.05) is 23.8 Å². The third-order valence-electron chi connectivity index (χ3n) is 5.58. The number of rotatable bonds is 4. The zero-order valence-corrected chi connectivity index (χ0v) is 18.7. The summed E-state index contributed by atoms with van der Waals surface area (Å²) in [6.45, 7) is 5.24. The Balaban J connectivity index is 1.52. The fourth-order valence-corrected chi connectivity index (χ4v) is 3.84. The number of carbonyl (C=O) groups is 4. The van der Waals surface area contributed by atoms with Crippen molar-refractivity contribution in [2.24, 2.45) is 0 Å². The summed E-state index contributed by atoms with van der Waals surface area (Å²) in [4.78, 5) is 51.5. The number of aromatic amines is 1. The number of urea groups is 1. The first-order valence-electron chi connectivity index (χ1n) is 10.4. The Kier molecular flexibility index (Phi) is 5.77. The highest BCUT2D eigenvalue weighted by molar-refractivity contribution is 6.35. The molecule has 0 atom stereocenters. The van der Waals surface area contributed by atoms with Crippen molar-refractivity contribution in [3.05, 3.63) is 81.7 Å². The van der Waals surface area contributed by atoms with Crippen LogP contribution in [0.2, 0.25) is 0 Å². The second-order valence-corrected chi connectivity index (χ2v) is 8.02. The van der Waals surface area contributed by atoms with Crippen LogP contribution in [0.1, 0.15) is 48.8 Å². The molecule has 2 aromatic carbocycles. The second kappa shape index (κ2) is 8.70. The fraction of sp³-hybridized carbons (Fsp3) is 0.120. The van der Waals surface area contributed by atoms with Gasteiger partial charge in [0.25, 0.3) is 11.8 Å². The number of hydrogen-bond donors (Lipinski definition) is 5. The lowest BCUT2D eigenvalue weighted by molar-refractivity contribution is -0.110. The molecular formula is C25H22N4O5. The SMILES string of the molecule is Cc1ccc(C(=O)NC(=O)Nc2ccc3c(c2)NC(=O)C3=Cc2[nH]c(C)c(C(=O)O)c2C)cc1. The van der Waals surface area contributed by atoms with E-state index in [0.717, 1.165) is 5.56 Å². The van der Waals surface area contributed by atoms with Crippen LogP contribution >= 0.6 is 0 Å². The summed E-state index contributed by atoms with van der Waals surface area (Å²) >= 11 is 0. The third-order valence-corrected chi connectivity index (χ3v) is 5.58. The van der Waals surface area contributed by atoms with Crippen molar-refractivity contribution >= 4 is 46.8 Å². The van der Waals surface area contributed by atoms with Crippen molar-refractivity contribution in [2.45, 2.75) is 20.8 Å². The summed E-state index contributed by atoms with van der Waals surface area (Å²) in [5.41, 5.74) is 4.94. The Hall–Kier alpha value is -4.66. The molecular weight excluding hydrogens is 436 g/mol. The number of H-pyrrole nitrogens is 1. The number of benzene rings is 2. The molecule has 0 radical (unpaired) electrons. The van der Waals surface area contributed by atoms with E-state index in [1.807, 2.05) is 6.92 Å². The molecule has 4 amide bonds. The van der Waals surface area contributed by atoms with Gasteiger partial charge in [0, 0.05) is 28.2 Å². The highest BCUT2D eigenvalue weighted by atomic mass is 16.4. The number of anilines is 2. The Labute approximate surface area is 194 Å². The molecule has 34 heavy (non-hydrogen) atoms. The second-order valence-electron chi connectivity index (χ2n) is 8.02. The topological polar surface area (TPSA) is 140 Å². The maximum atomic E-state index is 12.6. The molecule has 0 aliphatic carbocycles. The van der Waals surface area contributed by atoms with Crippen molar-refractivity contribution in [1.29, 1.82) is 0 Å². The summed E-state index contributed by atoms with van der Waals surface area (Å²) in [5.74, 6) is -1.92. The van der Waals surface area contributed by atoms with Gasteiger partial charge in [0.1, 0.15) is 0 Å². The summed E-state index contributed by atoms with van der Waals surface area (Å²) in [6.07, 6.45) is 1.61. The van der Waals surface area contributed by atoms with Crippen molar-refractivity contribution < 1.29 is 24.3 Å².